The van der Waals surface area contributed by atoms with Crippen LogP contribution in [0.5, 0.6) is 0 Å². The minimum Gasteiger partial charge on any atom is -0.395 e. The van der Waals surface area contributed by atoms with E-state index in [0.717, 1.165) is 55.6 Å². The number of amides is 1. The number of aryl methyl sites for hydroxylation is 1. The lowest BCUT2D eigenvalue weighted by Crippen LogP contribution is -2.36. The number of aliphatic hydroxyl groups is 1. The third-order valence-electron chi connectivity index (χ3n) is 8.56. The molecule has 3 heterocycles. The number of hydrogen-bond acceptors (Lipinski definition) is 7. The highest BCUT2D eigenvalue weighted by molar-refractivity contribution is 7.92. The van der Waals surface area contributed by atoms with Gasteiger partial charge in [-0.1, -0.05) is 0 Å². The van der Waals surface area contributed by atoms with Crippen molar-refractivity contribution in [3.8, 4) is 0 Å². The van der Waals surface area contributed by atoms with Crippen molar-refractivity contribution in [2.24, 2.45) is 12.5 Å². The molecule has 1 aliphatic carbocycles. The lowest BCUT2D eigenvalue weighted by molar-refractivity contribution is 0.102. The van der Waals surface area contributed by atoms with Crippen LogP contribution < -0.4 is 19.8 Å². The van der Waals surface area contributed by atoms with Crippen LogP contribution in [0, 0.1) is 5.41 Å². The van der Waals surface area contributed by atoms with Gasteiger partial charge in [-0.25, -0.2) is 8.42 Å². The van der Waals surface area contributed by atoms with Crippen LogP contribution in [-0.4, -0.2) is 75.8 Å². The molecular weight excluding hydrogens is 530 g/mol. The number of hydrogen-bond donors (Lipinski definition) is 3. The number of morpholine rings is 1. The van der Waals surface area contributed by atoms with Crippen LogP contribution in [0.4, 0.5) is 22.7 Å². The van der Waals surface area contributed by atoms with Crippen molar-refractivity contribution in [3.05, 3.63) is 48.2 Å². The molecular formula is C29H37N5O5S. The molecule has 11 heteroatoms. The van der Waals surface area contributed by atoms with Gasteiger partial charge in [-0.2, -0.15) is 0 Å². The molecule has 2 aliphatic heterocycles. The number of nitrogens with zero attached hydrogens (tertiary/aromatic N) is 3. The van der Waals surface area contributed by atoms with E-state index in [0.29, 0.717) is 41.3 Å². The van der Waals surface area contributed by atoms with Gasteiger partial charge in [0, 0.05) is 50.5 Å². The third kappa shape index (κ3) is 5.50. The summed E-state index contributed by atoms with van der Waals surface area (Å²) in [5.41, 5.74) is 4.93. The second kappa shape index (κ2) is 10.6. The number of anilines is 4. The highest BCUT2D eigenvalue weighted by Crippen LogP contribution is 2.54. The van der Waals surface area contributed by atoms with Gasteiger partial charge in [0.05, 0.1) is 53.7 Å². The quantitative estimate of drug-likeness (QED) is 0.382. The Balaban J connectivity index is 1.31. The van der Waals surface area contributed by atoms with Gasteiger partial charge in [0.25, 0.3) is 5.91 Å². The van der Waals surface area contributed by atoms with Crippen molar-refractivity contribution < 1.29 is 23.1 Å². The Morgan fingerprint density at radius 2 is 1.65 bits per heavy atom. The van der Waals surface area contributed by atoms with E-state index in [4.69, 9.17) is 9.84 Å². The lowest BCUT2D eigenvalue weighted by atomic mass is 9.93. The first-order valence-electron chi connectivity index (χ1n) is 14.0. The summed E-state index contributed by atoms with van der Waals surface area (Å²) >= 11 is 0. The summed E-state index contributed by atoms with van der Waals surface area (Å²) in [7, 11) is -1.67. The van der Waals surface area contributed by atoms with E-state index in [2.05, 4.69) is 30.5 Å². The van der Waals surface area contributed by atoms with Crippen LogP contribution in [-0.2, 0) is 21.8 Å². The molecule has 0 radical (unpaired) electrons. The van der Waals surface area contributed by atoms with E-state index in [-0.39, 0.29) is 11.7 Å². The Hall–Kier alpha value is -3.28. The predicted molar refractivity (Wildman–Crippen MR) is 158 cm³/mol. The largest absolute Gasteiger partial charge is 0.395 e. The van der Waals surface area contributed by atoms with Gasteiger partial charge < -0.3 is 29.5 Å². The summed E-state index contributed by atoms with van der Waals surface area (Å²) in [6.45, 7) is 4.08. The average molecular weight is 568 g/mol. The first kappa shape index (κ1) is 26.9. The van der Waals surface area contributed by atoms with Crippen LogP contribution in [0.25, 0.3) is 10.9 Å². The SMILES string of the molecule is Cn1ccc2cc(NC(=O)c3ccc(NS(=O)(=O)CCO)cc3N3CCC4(CC3)CC4)cc(N3CCOCC3)c21. The van der Waals surface area contributed by atoms with E-state index in [9.17, 15) is 13.2 Å². The molecule has 0 atom stereocenters. The number of carbonyl (C=O) groups is 1. The molecule has 40 heavy (non-hydrogen) atoms. The summed E-state index contributed by atoms with van der Waals surface area (Å²) in [6, 6.07) is 11.1. The fourth-order valence-electron chi connectivity index (χ4n) is 6.03. The van der Waals surface area contributed by atoms with Gasteiger partial charge in [0.15, 0.2) is 0 Å². The zero-order chi connectivity index (χ0) is 27.9. The standard InChI is InChI=1S/C29H37N5O5S/c1-32-9-4-21-18-23(20-26(27(21)32)34-12-15-39-16-13-34)30-28(36)24-3-2-22(31-40(37,38)17-14-35)19-25(24)33-10-7-29(5-6-29)8-11-33/h2-4,9,18-20,31,35H,5-8,10-17H2,1H3,(H,30,36). The molecule has 3 aromatic rings. The Kier molecular flexibility index (Phi) is 7.14. The molecule has 0 bridgehead atoms. The maximum absolute atomic E-state index is 13.8. The first-order chi connectivity index (χ1) is 19.3. The van der Waals surface area contributed by atoms with E-state index >= 15 is 0 Å². The van der Waals surface area contributed by atoms with Crippen molar-refractivity contribution in [1.29, 1.82) is 0 Å². The highest BCUT2D eigenvalue weighted by atomic mass is 32.2. The number of sulfonamides is 1. The number of carbonyl (C=O) groups excluding carboxylic acids is 1. The van der Waals surface area contributed by atoms with E-state index < -0.39 is 16.6 Å². The number of aromatic nitrogens is 1. The fourth-order valence-corrected chi connectivity index (χ4v) is 6.86. The maximum Gasteiger partial charge on any atom is 0.257 e. The monoisotopic (exact) mass is 567 g/mol. The Morgan fingerprint density at radius 3 is 2.35 bits per heavy atom. The summed E-state index contributed by atoms with van der Waals surface area (Å²) in [5, 5.41) is 13.3. The van der Waals surface area contributed by atoms with E-state index in [1.165, 1.54) is 12.8 Å². The molecule has 3 N–H and O–H groups in total. The molecule has 2 saturated heterocycles. The summed E-state index contributed by atoms with van der Waals surface area (Å²) in [5.74, 6) is -0.626. The van der Waals surface area contributed by atoms with E-state index in [1.54, 1.807) is 18.2 Å². The van der Waals surface area contributed by atoms with Gasteiger partial charge in [0.2, 0.25) is 10.0 Å². The normalized spacial score (nSPS) is 18.8. The first-order valence-corrected chi connectivity index (χ1v) is 15.6. The number of rotatable bonds is 8. The van der Waals surface area contributed by atoms with Gasteiger partial charge in [-0.3, -0.25) is 9.52 Å². The Bertz CT molecular complexity index is 1520. The molecule has 3 fully saturated rings. The van der Waals surface area contributed by atoms with Crippen molar-refractivity contribution in [2.45, 2.75) is 25.7 Å². The molecule has 1 spiro atoms. The zero-order valence-corrected chi connectivity index (χ0v) is 23.7. The van der Waals surface area contributed by atoms with Crippen molar-refractivity contribution in [2.75, 3.05) is 71.6 Å². The summed E-state index contributed by atoms with van der Waals surface area (Å²) in [6.07, 6.45) is 6.70. The molecule has 0 unspecified atom stereocenters. The molecule has 1 aromatic heterocycles. The molecule has 3 aliphatic rings. The van der Waals surface area contributed by atoms with Crippen molar-refractivity contribution in [3.63, 3.8) is 0 Å². The van der Waals surface area contributed by atoms with Crippen LogP contribution in [0.3, 0.4) is 0 Å². The van der Waals surface area contributed by atoms with Crippen LogP contribution in [0.2, 0.25) is 0 Å². The second-order valence-corrected chi connectivity index (χ2v) is 13.1. The van der Waals surface area contributed by atoms with Crippen LogP contribution in [0.1, 0.15) is 36.0 Å². The van der Waals surface area contributed by atoms with E-state index in [1.807, 2.05) is 25.4 Å². The van der Waals surface area contributed by atoms with Gasteiger partial charge in [-0.15, -0.1) is 0 Å². The van der Waals surface area contributed by atoms with Gasteiger partial charge in [0.1, 0.15) is 0 Å². The maximum atomic E-state index is 13.8. The zero-order valence-electron chi connectivity index (χ0n) is 22.9. The predicted octanol–water partition coefficient (Wildman–Crippen LogP) is 3.38. The van der Waals surface area contributed by atoms with Crippen molar-refractivity contribution in [1.82, 2.24) is 4.57 Å². The highest BCUT2D eigenvalue weighted by Gasteiger charge is 2.44. The smallest absolute Gasteiger partial charge is 0.257 e. The Labute approximate surface area is 234 Å². The molecule has 1 amide bonds. The number of benzene rings is 2. The molecule has 6 rings (SSSR count). The molecule has 1 saturated carbocycles. The number of piperidine rings is 1. The van der Waals surface area contributed by atoms with Gasteiger partial charge >= 0.3 is 0 Å². The second-order valence-electron chi connectivity index (χ2n) is 11.3. The Morgan fingerprint density at radius 1 is 0.950 bits per heavy atom. The number of ether oxygens (including phenoxy) is 1. The average Bonchev–Trinajstić information content (AvgIpc) is 3.59. The number of aliphatic hydroxyl groups excluding tert-OH is 1. The minimum atomic E-state index is -3.69. The number of fused-ring (bicyclic) bond motifs is 1. The van der Waals surface area contributed by atoms with Crippen LogP contribution >= 0.6 is 0 Å². The summed E-state index contributed by atoms with van der Waals surface area (Å²) in [4.78, 5) is 18.3. The lowest BCUT2D eigenvalue weighted by Gasteiger charge is -2.35. The van der Waals surface area contributed by atoms with Gasteiger partial charge in [-0.05, 0) is 67.5 Å². The fraction of sp³-hybridized carbons (Fsp3) is 0.483. The van der Waals surface area contributed by atoms with Crippen LogP contribution in [0.15, 0.2) is 42.6 Å². The van der Waals surface area contributed by atoms with Crippen molar-refractivity contribution >= 4 is 49.6 Å². The topological polar surface area (TPSA) is 116 Å². The summed E-state index contributed by atoms with van der Waals surface area (Å²) < 4.78 is 34.9. The molecule has 2 aromatic carbocycles. The third-order valence-corrected chi connectivity index (χ3v) is 9.82. The molecule has 10 nitrogen and oxygen atoms in total. The number of nitrogens with one attached hydrogen (secondary N) is 2. The molecule has 214 valence electrons. The minimum absolute atomic E-state index is 0.241.